The minimum atomic E-state index is -0.669. The summed E-state index contributed by atoms with van der Waals surface area (Å²) in [6.07, 6.45) is 6.26. The van der Waals surface area contributed by atoms with E-state index in [0.29, 0.717) is 17.9 Å². The number of nitrogens with one attached hydrogen (secondary N) is 1. The van der Waals surface area contributed by atoms with E-state index in [0.717, 1.165) is 31.4 Å². The number of thioether (sulfide) groups is 1. The lowest BCUT2D eigenvalue weighted by Crippen LogP contribution is -2.45. The van der Waals surface area contributed by atoms with Gasteiger partial charge in [-0.1, -0.05) is 6.92 Å². The van der Waals surface area contributed by atoms with Gasteiger partial charge in [0, 0.05) is 18.1 Å². The van der Waals surface area contributed by atoms with Crippen molar-refractivity contribution in [3.63, 3.8) is 0 Å². The summed E-state index contributed by atoms with van der Waals surface area (Å²) in [5.41, 5.74) is 0.650. The summed E-state index contributed by atoms with van der Waals surface area (Å²) < 4.78 is 5.36. The second-order valence-corrected chi connectivity index (χ2v) is 8.32. The number of amides is 1. The minimum Gasteiger partial charge on any atom is -0.459 e. The summed E-state index contributed by atoms with van der Waals surface area (Å²) in [5.74, 6) is 0.827. The van der Waals surface area contributed by atoms with Crippen LogP contribution >= 0.6 is 11.8 Å². The third kappa shape index (κ3) is 6.82. The molecule has 0 aromatic heterocycles. The maximum Gasteiger partial charge on any atom is 0.328 e. The van der Waals surface area contributed by atoms with Crippen molar-refractivity contribution < 1.29 is 19.2 Å². The normalized spacial score (nSPS) is 20.2. The smallest absolute Gasteiger partial charge is 0.328 e. The Hall–Kier alpha value is -2.09. The summed E-state index contributed by atoms with van der Waals surface area (Å²) in [6, 6.07) is 5.20. The zero-order valence-electron chi connectivity index (χ0n) is 16.4. The number of nitrogens with zero attached hydrogens (tertiary/aromatic N) is 1. The molecule has 0 unspecified atom stereocenters. The van der Waals surface area contributed by atoms with Crippen LogP contribution in [-0.2, 0) is 20.9 Å². The maximum atomic E-state index is 12.6. The summed E-state index contributed by atoms with van der Waals surface area (Å²) in [4.78, 5) is 35.3. The van der Waals surface area contributed by atoms with E-state index in [2.05, 4.69) is 12.2 Å². The van der Waals surface area contributed by atoms with Crippen LogP contribution in [0.15, 0.2) is 24.3 Å². The third-order valence-electron chi connectivity index (χ3n) is 5.13. The molecule has 7 nitrogen and oxygen atoms in total. The summed E-state index contributed by atoms with van der Waals surface area (Å²) in [6.45, 7) is 2.22. The Morgan fingerprint density at radius 3 is 2.46 bits per heavy atom. The number of ether oxygens (including phenoxy) is 1. The van der Waals surface area contributed by atoms with Crippen molar-refractivity contribution >= 4 is 29.3 Å². The van der Waals surface area contributed by atoms with Gasteiger partial charge in [-0.05, 0) is 67.7 Å². The number of hydrogen-bond acceptors (Lipinski definition) is 6. The lowest BCUT2D eigenvalue weighted by Gasteiger charge is -2.27. The molecule has 0 aliphatic heterocycles. The number of esters is 1. The molecule has 0 saturated heterocycles. The van der Waals surface area contributed by atoms with Crippen molar-refractivity contribution in [3.05, 3.63) is 39.9 Å². The summed E-state index contributed by atoms with van der Waals surface area (Å²) in [5, 5.41) is 13.6. The third-order valence-corrected chi connectivity index (χ3v) is 5.77. The lowest BCUT2D eigenvalue weighted by atomic mass is 9.82. The van der Waals surface area contributed by atoms with Crippen LogP contribution in [0, 0.1) is 22.0 Å². The molecule has 1 aromatic carbocycles. The van der Waals surface area contributed by atoms with Crippen molar-refractivity contribution in [2.24, 2.45) is 11.8 Å². The summed E-state index contributed by atoms with van der Waals surface area (Å²) >= 11 is 1.61. The molecule has 1 aliphatic rings. The Bertz CT molecular complexity index is 672. The first kappa shape index (κ1) is 22.2. The van der Waals surface area contributed by atoms with Crippen molar-refractivity contribution in [2.75, 3.05) is 12.0 Å². The van der Waals surface area contributed by atoms with Gasteiger partial charge in [-0.15, -0.1) is 0 Å². The van der Waals surface area contributed by atoms with E-state index >= 15 is 0 Å². The van der Waals surface area contributed by atoms with E-state index in [1.807, 2.05) is 6.26 Å². The van der Waals surface area contributed by atoms with Gasteiger partial charge >= 0.3 is 5.97 Å². The number of hydrogen-bond donors (Lipinski definition) is 1. The van der Waals surface area contributed by atoms with Crippen LogP contribution in [0.5, 0.6) is 0 Å². The predicted molar refractivity (Wildman–Crippen MR) is 109 cm³/mol. The molecule has 1 aromatic rings. The molecule has 0 bridgehead atoms. The second-order valence-electron chi connectivity index (χ2n) is 7.33. The first-order chi connectivity index (χ1) is 13.4. The van der Waals surface area contributed by atoms with Gasteiger partial charge in [-0.3, -0.25) is 14.9 Å². The van der Waals surface area contributed by atoms with Gasteiger partial charge in [0.2, 0.25) is 5.91 Å². The van der Waals surface area contributed by atoms with Crippen LogP contribution in [0.1, 0.15) is 44.6 Å². The van der Waals surface area contributed by atoms with Gasteiger partial charge < -0.3 is 10.1 Å². The standard InChI is InChI=1S/C20H28N2O5S/c1-14-3-7-16(8-4-14)19(23)21-18(11-12-28-2)20(24)27-13-15-5-9-17(10-6-15)22(25)26/h5-6,9-10,14,16,18H,3-4,7-8,11-13H2,1-2H3,(H,21,23)/t14?,16?,18-/m1/s1. The van der Waals surface area contributed by atoms with E-state index in [4.69, 9.17) is 4.74 Å². The van der Waals surface area contributed by atoms with Crippen LogP contribution in [0.2, 0.25) is 0 Å². The number of nitro benzene ring substituents is 1. The molecule has 0 heterocycles. The molecule has 0 spiro atoms. The minimum absolute atomic E-state index is 0.0120. The van der Waals surface area contributed by atoms with Gasteiger partial charge in [0.1, 0.15) is 12.6 Å². The van der Waals surface area contributed by atoms with E-state index in [1.54, 1.807) is 23.9 Å². The molecule has 0 radical (unpaired) electrons. The van der Waals surface area contributed by atoms with Crippen LogP contribution in [0.3, 0.4) is 0 Å². The highest BCUT2D eigenvalue weighted by atomic mass is 32.2. The first-order valence-corrected chi connectivity index (χ1v) is 11.0. The molecular formula is C20H28N2O5S. The van der Waals surface area contributed by atoms with Crippen LogP contribution in [0.4, 0.5) is 5.69 Å². The van der Waals surface area contributed by atoms with Crippen LogP contribution < -0.4 is 5.32 Å². The highest BCUT2D eigenvalue weighted by molar-refractivity contribution is 7.98. The molecule has 1 saturated carbocycles. The Balaban J connectivity index is 1.90. The molecule has 154 valence electrons. The number of benzene rings is 1. The first-order valence-electron chi connectivity index (χ1n) is 9.60. The topological polar surface area (TPSA) is 98.5 Å². The van der Waals surface area contributed by atoms with Gasteiger partial charge in [-0.25, -0.2) is 4.79 Å². The Morgan fingerprint density at radius 1 is 1.25 bits per heavy atom. The van der Waals surface area contributed by atoms with Crippen LogP contribution in [0.25, 0.3) is 0 Å². The molecule has 1 fully saturated rings. The predicted octanol–water partition coefficient (Wildman–Crippen LogP) is 3.70. The molecule has 1 N–H and O–H groups in total. The van der Waals surface area contributed by atoms with E-state index in [1.165, 1.54) is 12.1 Å². The van der Waals surface area contributed by atoms with Crippen molar-refractivity contribution in [1.29, 1.82) is 0 Å². The molecular weight excluding hydrogens is 380 g/mol. The SMILES string of the molecule is CSCC[C@@H](NC(=O)C1CCC(C)CC1)C(=O)OCc1ccc([N+](=O)[O-])cc1. The van der Waals surface area contributed by atoms with Gasteiger partial charge in [0.15, 0.2) is 0 Å². The fourth-order valence-electron chi connectivity index (χ4n) is 3.27. The number of carbonyl (C=O) groups excluding carboxylic acids is 2. The highest BCUT2D eigenvalue weighted by Crippen LogP contribution is 2.28. The average molecular weight is 409 g/mol. The Morgan fingerprint density at radius 2 is 1.89 bits per heavy atom. The average Bonchev–Trinajstić information content (AvgIpc) is 2.69. The van der Waals surface area contributed by atoms with E-state index < -0.39 is 16.9 Å². The Kier molecular flexibility index (Phi) is 8.76. The molecule has 1 aliphatic carbocycles. The lowest BCUT2D eigenvalue weighted by molar-refractivity contribution is -0.384. The molecule has 8 heteroatoms. The second kappa shape index (κ2) is 11.0. The number of rotatable bonds is 9. The van der Waals surface area contributed by atoms with Crippen molar-refractivity contribution in [2.45, 2.75) is 51.7 Å². The fraction of sp³-hybridized carbons (Fsp3) is 0.600. The van der Waals surface area contributed by atoms with E-state index in [-0.39, 0.29) is 24.1 Å². The number of carbonyl (C=O) groups is 2. The van der Waals surface area contributed by atoms with E-state index in [9.17, 15) is 19.7 Å². The number of non-ortho nitro benzene ring substituents is 1. The monoisotopic (exact) mass is 408 g/mol. The summed E-state index contributed by atoms with van der Waals surface area (Å²) in [7, 11) is 0. The van der Waals surface area contributed by atoms with Crippen LogP contribution in [-0.4, -0.2) is 34.9 Å². The maximum absolute atomic E-state index is 12.6. The zero-order chi connectivity index (χ0) is 20.5. The highest BCUT2D eigenvalue weighted by Gasteiger charge is 2.28. The molecule has 1 amide bonds. The molecule has 28 heavy (non-hydrogen) atoms. The van der Waals surface area contributed by atoms with Gasteiger partial charge in [-0.2, -0.15) is 11.8 Å². The zero-order valence-corrected chi connectivity index (χ0v) is 17.2. The quantitative estimate of drug-likeness (QED) is 0.380. The fourth-order valence-corrected chi connectivity index (χ4v) is 3.74. The number of nitro groups is 1. The largest absolute Gasteiger partial charge is 0.459 e. The van der Waals surface area contributed by atoms with Gasteiger partial charge in [0.25, 0.3) is 5.69 Å². The van der Waals surface area contributed by atoms with Crippen molar-refractivity contribution in [1.82, 2.24) is 5.32 Å². The molecule has 2 rings (SSSR count). The molecule has 1 atom stereocenters. The van der Waals surface area contributed by atoms with Gasteiger partial charge in [0.05, 0.1) is 4.92 Å². The Labute approximate surface area is 169 Å². The van der Waals surface area contributed by atoms with Crippen molar-refractivity contribution in [3.8, 4) is 0 Å².